The zero-order valence-corrected chi connectivity index (χ0v) is 10.5. The van der Waals surface area contributed by atoms with Crippen molar-refractivity contribution in [2.24, 2.45) is 5.73 Å². The van der Waals surface area contributed by atoms with Crippen LogP contribution in [0.15, 0.2) is 21.9 Å². The molecule has 0 aromatic carbocycles. The molecule has 2 aromatic rings. The topological polar surface area (TPSA) is 81.2 Å². The second-order valence-electron chi connectivity index (χ2n) is 4.28. The molecular weight excluding hydrogens is 250 g/mol. The highest BCUT2D eigenvalue weighted by Gasteiger charge is 2.26. The number of carbonyl (C=O) groups is 1. The van der Waals surface area contributed by atoms with Crippen LogP contribution in [-0.2, 0) is 6.54 Å². The lowest BCUT2D eigenvalue weighted by atomic mass is 10.3. The van der Waals surface area contributed by atoms with E-state index in [4.69, 9.17) is 10.2 Å². The molecule has 1 aliphatic carbocycles. The van der Waals surface area contributed by atoms with Gasteiger partial charge in [-0.05, 0) is 25.0 Å². The first kappa shape index (κ1) is 11.4. The first-order valence-electron chi connectivity index (χ1n) is 5.82. The molecule has 3 N–H and O–H groups in total. The summed E-state index contributed by atoms with van der Waals surface area (Å²) in [6, 6.07) is 3.32. The van der Waals surface area contributed by atoms with Crippen LogP contribution in [0.1, 0.15) is 40.8 Å². The highest BCUT2D eigenvalue weighted by atomic mass is 32.1. The fourth-order valence-electron chi connectivity index (χ4n) is 1.68. The van der Waals surface area contributed by atoms with Crippen molar-refractivity contribution in [3.05, 3.63) is 34.7 Å². The average molecular weight is 263 g/mol. The SMILES string of the molecule is NCc1ccc(C(=O)Nc2nc(C3CC3)cs2)o1. The standard InChI is InChI=1S/C12H13N3O2S/c13-5-8-3-4-10(17-8)11(16)15-12-14-9(6-18-12)7-1-2-7/h3-4,6-7H,1-2,5,13H2,(H,14,15,16). The molecule has 2 heterocycles. The minimum Gasteiger partial charge on any atom is -0.455 e. The largest absolute Gasteiger partial charge is 0.455 e. The van der Waals surface area contributed by atoms with E-state index >= 15 is 0 Å². The van der Waals surface area contributed by atoms with Crippen molar-refractivity contribution in [2.75, 3.05) is 5.32 Å². The molecule has 1 aliphatic rings. The molecule has 0 spiro atoms. The van der Waals surface area contributed by atoms with Crippen LogP contribution in [0.3, 0.4) is 0 Å². The maximum Gasteiger partial charge on any atom is 0.293 e. The molecule has 0 saturated heterocycles. The lowest BCUT2D eigenvalue weighted by molar-refractivity contribution is 0.0995. The number of thiazole rings is 1. The number of aromatic nitrogens is 1. The minimum absolute atomic E-state index is 0.263. The summed E-state index contributed by atoms with van der Waals surface area (Å²) in [5.74, 6) is 1.17. The van der Waals surface area contributed by atoms with Crippen LogP contribution in [0.2, 0.25) is 0 Å². The van der Waals surface area contributed by atoms with Crippen LogP contribution >= 0.6 is 11.3 Å². The zero-order valence-electron chi connectivity index (χ0n) is 9.68. The Morgan fingerprint density at radius 2 is 2.39 bits per heavy atom. The summed E-state index contributed by atoms with van der Waals surface area (Å²) in [4.78, 5) is 16.2. The highest BCUT2D eigenvalue weighted by Crippen LogP contribution is 2.40. The van der Waals surface area contributed by atoms with Gasteiger partial charge in [-0.25, -0.2) is 4.98 Å². The Bertz CT molecular complexity index is 571. The van der Waals surface area contributed by atoms with Gasteiger partial charge in [0.05, 0.1) is 12.2 Å². The van der Waals surface area contributed by atoms with E-state index in [1.165, 1.54) is 24.2 Å². The van der Waals surface area contributed by atoms with Crippen molar-refractivity contribution in [1.82, 2.24) is 4.98 Å². The highest BCUT2D eigenvalue weighted by molar-refractivity contribution is 7.14. The minimum atomic E-state index is -0.286. The third-order valence-electron chi connectivity index (χ3n) is 2.82. The number of nitrogens with one attached hydrogen (secondary N) is 1. The molecule has 0 unspecified atom stereocenters. The number of hydrogen-bond acceptors (Lipinski definition) is 5. The number of amides is 1. The number of furan rings is 1. The van der Waals surface area contributed by atoms with Crippen molar-refractivity contribution in [3.8, 4) is 0 Å². The van der Waals surface area contributed by atoms with Crippen molar-refractivity contribution in [2.45, 2.75) is 25.3 Å². The van der Waals surface area contributed by atoms with Crippen LogP contribution in [0.5, 0.6) is 0 Å². The second-order valence-corrected chi connectivity index (χ2v) is 5.13. The lowest BCUT2D eigenvalue weighted by Gasteiger charge is -1.97. The fraction of sp³-hybridized carbons (Fsp3) is 0.333. The summed E-state index contributed by atoms with van der Waals surface area (Å²) in [6.07, 6.45) is 2.41. The van der Waals surface area contributed by atoms with E-state index in [1.54, 1.807) is 12.1 Å². The van der Waals surface area contributed by atoms with Gasteiger partial charge in [-0.3, -0.25) is 10.1 Å². The van der Waals surface area contributed by atoms with E-state index in [1.807, 2.05) is 5.38 Å². The van der Waals surface area contributed by atoms with Crippen LogP contribution in [0.4, 0.5) is 5.13 Å². The van der Waals surface area contributed by atoms with Crippen LogP contribution in [-0.4, -0.2) is 10.9 Å². The molecule has 1 fully saturated rings. The van der Waals surface area contributed by atoms with Crippen molar-refractivity contribution < 1.29 is 9.21 Å². The number of nitrogens with two attached hydrogens (primary N) is 1. The normalized spacial score (nSPS) is 14.7. The Kier molecular flexibility index (Phi) is 2.89. The summed E-state index contributed by atoms with van der Waals surface area (Å²) in [5, 5.41) is 5.35. The number of hydrogen-bond donors (Lipinski definition) is 2. The first-order chi connectivity index (χ1) is 8.76. The van der Waals surface area contributed by atoms with E-state index in [0.29, 0.717) is 16.8 Å². The van der Waals surface area contributed by atoms with Gasteiger partial charge in [0.25, 0.3) is 5.91 Å². The number of nitrogens with zero attached hydrogens (tertiary/aromatic N) is 1. The monoisotopic (exact) mass is 263 g/mol. The van der Waals surface area contributed by atoms with Crippen molar-refractivity contribution in [1.29, 1.82) is 0 Å². The predicted molar refractivity (Wildman–Crippen MR) is 68.6 cm³/mol. The zero-order chi connectivity index (χ0) is 12.5. The number of anilines is 1. The summed E-state index contributed by atoms with van der Waals surface area (Å²) >= 11 is 1.44. The lowest BCUT2D eigenvalue weighted by Crippen LogP contribution is -2.10. The van der Waals surface area contributed by atoms with Crippen molar-refractivity contribution >= 4 is 22.4 Å². The van der Waals surface area contributed by atoms with Gasteiger partial charge in [-0.2, -0.15) is 0 Å². The van der Waals surface area contributed by atoms with E-state index in [0.717, 1.165) is 5.69 Å². The van der Waals surface area contributed by atoms with Gasteiger partial charge in [0.15, 0.2) is 10.9 Å². The average Bonchev–Trinajstić information content (AvgIpc) is 2.93. The number of rotatable bonds is 4. The third-order valence-corrected chi connectivity index (χ3v) is 3.60. The molecule has 1 amide bonds. The molecule has 0 atom stereocenters. The summed E-state index contributed by atoms with van der Waals surface area (Å²) < 4.78 is 5.27. The molecule has 6 heteroatoms. The molecule has 5 nitrogen and oxygen atoms in total. The summed E-state index contributed by atoms with van der Waals surface area (Å²) in [6.45, 7) is 0.288. The Balaban J connectivity index is 1.68. The van der Waals surface area contributed by atoms with Crippen LogP contribution in [0, 0.1) is 0 Å². The van der Waals surface area contributed by atoms with Gasteiger partial charge in [0.1, 0.15) is 5.76 Å². The van der Waals surface area contributed by atoms with Gasteiger partial charge in [0, 0.05) is 11.3 Å². The van der Waals surface area contributed by atoms with E-state index < -0.39 is 0 Å². The second kappa shape index (κ2) is 4.55. The summed E-state index contributed by atoms with van der Waals surface area (Å²) in [5.41, 5.74) is 6.50. The Labute approximate surface area is 108 Å². The molecule has 1 saturated carbocycles. The molecular formula is C12H13N3O2S. The smallest absolute Gasteiger partial charge is 0.293 e. The quantitative estimate of drug-likeness (QED) is 0.887. The van der Waals surface area contributed by atoms with Gasteiger partial charge in [-0.15, -0.1) is 11.3 Å². The van der Waals surface area contributed by atoms with Crippen LogP contribution in [0.25, 0.3) is 0 Å². The first-order valence-corrected chi connectivity index (χ1v) is 6.70. The van der Waals surface area contributed by atoms with Gasteiger partial charge in [-0.1, -0.05) is 0 Å². The molecule has 2 aromatic heterocycles. The fourth-order valence-corrected chi connectivity index (χ4v) is 2.47. The molecule has 94 valence electrons. The van der Waals surface area contributed by atoms with E-state index in [-0.39, 0.29) is 18.2 Å². The predicted octanol–water partition coefficient (Wildman–Crippen LogP) is 2.32. The van der Waals surface area contributed by atoms with Gasteiger partial charge >= 0.3 is 0 Å². The maximum atomic E-state index is 11.9. The Hall–Kier alpha value is -1.66. The summed E-state index contributed by atoms with van der Waals surface area (Å²) in [7, 11) is 0. The molecule has 0 bridgehead atoms. The van der Waals surface area contributed by atoms with E-state index in [2.05, 4.69) is 10.3 Å². The van der Waals surface area contributed by atoms with Crippen molar-refractivity contribution in [3.63, 3.8) is 0 Å². The third kappa shape index (κ3) is 2.30. The maximum absolute atomic E-state index is 11.9. The molecule has 0 radical (unpaired) electrons. The number of carbonyl (C=O) groups excluding carboxylic acids is 1. The van der Waals surface area contributed by atoms with Gasteiger partial charge < -0.3 is 10.2 Å². The molecule has 3 rings (SSSR count). The molecule has 18 heavy (non-hydrogen) atoms. The van der Waals surface area contributed by atoms with Crippen LogP contribution < -0.4 is 11.1 Å². The Morgan fingerprint density at radius 3 is 3.06 bits per heavy atom. The van der Waals surface area contributed by atoms with E-state index in [9.17, 15) is 4.79 Å². The Morgan fingerprint density at radius 1 is 1.56 bits per heavy atom. The molecule has 0 aliphatic heterocycles. The van der Waals surface area contributed by atoms with Gasteiger partial charge in [0.2, 0.25) is 0 Å².